The number of nitrogens with one attached hydrogen (secondary N) is 1. The third-order valence-electron chi connectivity index (χ3n) is 6.55. The van der Waals surface area contributed by atoms with E-state index in [-0.39, 0.29) is 23.7 Å². The second kappa shape index (κ2) is 9.11. The van der Waals surface area contributed by atoms with Gasteiger partial charge in [0.25, 0.3) is 0 Å². The van der Waals surface area contributed by atoms with E-state index in [1.807, 2.05) is 4.90 Å². The van der Waals surface area contributed by atoms with Crippen molar-refractivity contribution in [1.29, 1.82) is 0 Å². The number of hydrogen-bond acceptors (Lipinski definition) is 3. The highest BCUT2D eigenvalue weighted by Crippen LogP contribution is 2.26. The predicted octanol–water partition coefficient (Wildman–Crippen LogP) is 2.10. The molecule has 158 valence electrons. The van der Waals surface area contributed by atoms with Crippen LogP contribution >= 0.6 is 0 Å². The molecule has 4 rings (SSSR count). The lowest BCUT2D eigenvalue weighted by atomic mass is 9.91. The molecule has 1 aromatic carbocycles. The van der Waals surface area contributed by atoms with Crippen LogP contribution in [0.1, 0.15) is 31.2 Å². The highest BCUT2D eigenvalue weighted by molar-refractivity contribution is 5.84. The normalized spacial score (nSPS) is 21.3. The van der Waals surface area contributed by atoms with E-state index in [0.29, 0.717) is 26.1 Å². The zero-order valence-corrected chi connectivity index (χ0v) is 17.0. The fraction of sp³-hybridized carbons (Fsp3) is 0.636. The quantitative estimate of drug-likeness (QED) is 0.821. The number of nitrogens with zero attached hydrogens (tertiary/aromatic N) is 3. The Bertz CT molecular complexity index is 716. The molecule has 0 aromatic heterocycles. The molecule has 0 radical (unpaired) electrons. The number of urea groups is 1. The number of likely N-dealkylation sites (tertiary alicyclic amines) is 1. The van der Waals surface area contributed by atoms with Gasteiger partial charge >= 0.3 is 6.03 Å². The predicted molar refractivity (Wildman–Crippen MR) is 109 cm³/mol. The standard InChI is InChI=1S/C22H31FN4O2/c23-19-7-5-17(6-8-19)9-10-24-22(29)27-15-18(16-27)21(28)26-12-2-11-25(13-14-26)20-3-1-4-20/h5-8,18,20H,1-4,9-16H2,(H,24,29). The third kappa shape index (κ3) is 4.89. The molecule has 0 spiro atoms. The van der Waals surface area contributed by atoms with Crippen molar-refractivity contribution in [3.05, 3.63) is 35.6 Å². The minimum absolute atomic E-state index is 0.0619. The van der Waals surface area contributed by atoms with Gasteiger partial charge in [0.2, 0.25) is 5.91 Å². The maximum atomic E-state index is 12.9. The molecule has 6 nitrogen and oxygen atoms in total. The molecular formula is C22H31FN4O2. The first-order valence-electron chi connectivity index (χ1n) is 10.9. The van der Waals surface area contributed by atoms with Gasteiger partial charge in [0.1, 0.15) is 5.82 Å². The SMILES string of the molecule is O=C(NCCc1ccc(F)cc1)N1CC(C(=O)N2CCCN(C3CCC3)CC2)C1. The topological polar surface area (TPSA) is 55.9 Å². The summed E-state index contributed by atoms with van der Waals surface area (Å²) < 4.78 is 12.9. The molecule has 0 bridgehead atoms. The molecule has 3 aliphatic rings. The molecule has 29 heavy (non-hydrogen) atoms. The molecule has 1 saturated carbocycles. The van der Waals surface area contributed by atoms with Crippen LogP contribution in [-0.4, -0.2) is 78.5 Å². The maximum absolute atomic E-state index is 12.9. The average molecular weight is 403 g/mol. The van der Waals surface area contributed by atoms with Crippen LogP contribution in [0.15, 0.2) is 24.3 Å². The first-order valence-corrected chi connectivity index (χ1v) is 10.9. The number of hydrogen-bond donors (Lipinski definition) is 1. The van der Waals surface area contributed by atoms with E-state index in [4.69, 9.17) is 0 Å². The number of carbonyl (C=O) groups is 2. The Kier molecular flexibility index (Phi) is 6.33. The van der Waals surface area contributed by atoms with E-state index in [2.05, 4.69) is 10.2 Å². The molecule has 3 amide bonds. The number of benzene rings is 1. The second-order valence-electron chi connectivity index (χ2n) is 8.51. The van der Waals surface area contributed by atoms with Gasteiger partial charge in [-0.25, -0.2) is 9.18 Å². The molecule has 1 aromatic rings. The highest BCUT2D eigenvalue weighted by Gasteiger charge is 2.38. The molecule has 2 aliphatic heterocycles. The monoisotopic (exact) mass is 402 g/mol. The summed E-state index contributed by atoms with van der Waals surface area (Å²) in [5.74, 6) is -0.113. The van der Waals surface area contributed by atoms with E-state index in [1.165, 1.54) is 31.4 Å². The summed E-state index contributed by atoms with van der Waals surface area (Å²) >= 11 is 0. The number of rotatable bonds is 5. The van der Waals surface area contributed by atoms with Gasteiger partial charge in [0.05, 0.1) is 5.92 Å². The molecule has 2 saturated heterocycles. The largest absolute Gasteiger partial charge is 0.341 e. The van der Waals surface area contributed by atoms with E-state index in [9.17, 15) is 14.0 Å². The lowest BCUT2D eigenvalue weighted by Gasteiger charge is -2.40. The van der Waals surface area contributed by atoms with Crippen LogP contribution in [0.3, 0.4) is 0 Å². The Labute approximate surface area is 172 Å². The van der Waals surface area contributed by atoms with E-state index in [1.54, 1.807) is 17.0 Å². The van der Waals surface area contributed by atoms with E-state index in [0.717, 1.165) is 44.2 Å². The molecule has 1 N–H and O–H groups in total. The fourth-order valence-corrected chi connectivity index (χ4v) is 4.41. The van der Waals surface area contributed by atoms with Crippen molar-refractivity contribution in [3.8, 4) is 0 Å². The van der Waals surface area contributed by atoms with Crippen molar-refractivity contribution in [1.82, 2.24) is 20.0 Å². The summed E-state index contributed by atoms with van der Waals surface area (Å²) in [4.78, 5) is 31.3. The van der Waals surface area contributed by atoms with Crippen molar-refractivity contribution in [3.63, 3.8) is 0 Å². The molecule has 1 aliphatic carbocycles. The van der Waals surface area contributed by atoms with Crippen LogP contribution in [0.2, 0.25) is 0 Å². The van der Waals surface area contributed by atoms with Gasteiger partial charge in [-0.3, -0.25) is 9.69 Å². The Morgan fingerprint density at radius 2 is 1.72 bits per heavy atom. The van der Waals surface area contributed by atoms with Crippen molar-refractivity contribution in [2.75, 3.05) is 45.8 Å². The van der Waals surface area contributed by atoms with E-state index < -0.39 is 0 Å². The fourth-order valence-electron chi connectivity index (χ4n) is 4.41. The summed E-state index contributed by atoms with van der Waals surface area (Å²) in [5.41, 5.74) is 0.987. The first-order chi connectivity index (χ1) is 14.1. The smallest absolute Gasteiger partial charge is 0.317 e. The summed E-state index contributed by atoms with van der Waals surface area (Å²) in [6.45, 7) is 5.24. The number of amides is 3. The van der Waals surface area contributed by atoms with Crippen molar-refractivity contribution in [2.45, 2.75) is 38.1 Å². The molecule has 0 unspecified atom stereocenters. The van der Waals surface area contributed by atoms with Crippen LogP contribution in [0, 0.1) is 11.7 Å². The average Bonchev–Trinajstić information content (AvgIpc) is 2.87. The highest BCUT2D eigenvalue weighted by atomic mass is 19.1. The van der Waals surface area contributed by atoms with Gasteiger partial charge in [0.15, 0.2) is 0 Å². The van der Waals surface area contributed by atoms with Gasteiger partial charge in [0, 0.05) is 51.9 Å². The lowest BCUT2D eigenvalue weighted by Crippen LogP contribution is -2.59. The minimum Gasteiger partial charge on any atom is -0.341 e. The Morgan fingerprint density at radius 3 is 2.41 bits per heavy atom. The Balaban J connectivity index is 1.15. The number of carbonyl (C=O) groups excluding carboxylic acids is 2. The van der Waals surface area contributed by atoms with Crippen LogP contribution in [0.4, 0.5) is 9.18 Å². The summed E-state index contributed by atoms with van der Waals surface area (Å²) in [6.07, 6.45) is 5.66. The van der Waals surface area contributed by atoms with Crippen molar-refractivity contribution >= 4 is 11.9 Å². The zero-order valence-electron chi connectivity index (χ0n) is 17.0. The van der Waals surface area contributed by atoms with Gasteiger partial charge in [-0.1, -0.05) is 18.6 Å². The number of halogens is 1. The summed E-state index contributed by atoms with van der Waals surface area (Å²) in [7, 11) is 0. The van der Waals surface area contributed by atoms with E-state index >= 15 is 0 Å². The van der Waals surface area contributed by atoms with Crippen LogP contribution in [-0.2, 0) is 11.2 Å². The molecule has 2 heterocycles. The first kappa shape index (κ1) is 20.1. The maximum Gasteiger partial charge on any atom is 0.317 e. The zero-order chi connectivity index (χ0) is 20.2. The van der Waals surface area contributed by atoms with Crippen molar-refractivity contribution in [2.24, 2.45) is 5.92 Å². The minimum atomic E-state index is -0.255. The Hall–Kier alpha value is -2.15. The molecule has 0 atom stereocenters. The second-order valence-corrected chi connectivity index (χ2v) is 8.51. The van der Waals surface area contributed by atoms with Crippen LogP contribution in [0.25, 0.3) is 0 Å². The molecular weight excluding hydrogens is 371 g/mol. The van der Waals surface area contributed by atoms with Gasteiger partial charge < -0.3 is 15.1 Å². The van der Waals surface area contributed by atoms with Crippen LogP contribution in [0.5, 0.6) is 0 Å². The van der Waals surface area contributed by atoms with Gasteiger partial charge in [-0.2, -0.15) is 0 Å². The lowest BCUT2D eigenvalue weighted by molar-refractivity contribution is -0.139. The molecule has 3 fully saturated rings. The van der Waals surface area contributed by atoms with Gasteiger partial charge in [-0.15, -0.1) is 0 Å². The van der Waals surface area contributed by atoms with Crippen LogP contribution < -0.4 is 5.32 Å². The van der Waals surface area contributed by atoms with Gasteiger partial charge in [-0.05, 0) is 43.4 Å². The van der Waals surface area contributed by atoms with Crippen molar-refractivity contribution < 1.29 is 14.0 Å². The Morgan fingerprint density at radius 1 is 0.966 bits per heavy atom. The molecule has 7 heteroatoms. The summed E-state index contributed by atoms with van der Waals surface area (Å²) in [5, 5.41) is 2.89. The third-order valence-corrected chi connectivity index (χ3v) is 6.55. The summed E-state index contributed by atoms with van der Waals surface area (Å²) in [6, 6.07) is 6.93.